The van der Waals surface area contributed by atoms with Gasteiger partial charge < -0.3 is 4.74 Å². The van der Waals surface area contributed by atoms with E-state index in [0.717, 1.165) is 6.42 Å². The number of amides is 1. The number of allylic oxidation sites excluding steroid dienone is 1. The van der Waals surface area contributed by atoms with Crippen LogP contribution in [0.2, 0.25) is 0 Å². The van der Waals surface area contributed by atoms with E-state index in [2.05, 4.69) is 6.92 Å². The SMILES string of the molecule is CC1CC=C(c2ccc(F)c(C#N)c2)N(C(=O)OC(C)(C)C)C1. The fourth-order valence-corrected chi connectivity index (χ4v) is 2.44. The summed E-state index contributed by atoms with van der Waals surface area (Å²) in [5.41, 5.74) is 0.671. The van der Waals surface area contributed by atoms with Crippen molar-refractivity contribution in [3.8, 4) is 6.07 Å². The number of hydrogen-bond donors (Lipinski definition) is 0. The minimum absolute atomic E-state index is 0.0360. The molecule has 23 heavy (non-hydrogen) atoms. The third-order valence-electron chi connectivity index (χ3n) is 3.50. The van der Waals surface area contributed by atoms with Gasteiger partial charge in [-0.1, -0.05) is 13.0 Å². The smallest absolute Gasteiger partial charge is 0.414 e. The molecular formula is C18H21FN2O2. The third kappa shape index (κ3) is 4.10. The van der Waals surface area contributed by atoms with Crippen molar-refractivity contribution in [1.29, 1.82) is 5.26 Å². The highest BCUT2D eigenvalue weighted by molar-refractivity contribution is 5.83. The number of carbonyl (C=O) groups excluding carboxylic acids is 1. The fourth-order valence-electron chi connectivity index (χ4n) is 2.44. The molecule has 1 aliphatic heterocycles. The van der Waals surface area contributed by atoms with Crippen molar-refractivity contribution in [2.45, 2.75) is 39.7 Å². The highest BCUT2D eigenvalue weighted by Gasteiger charge is 2.29. The van der Waals surface area contributed by atoms with Crippen molar-refractivity contribution in [3.63, 3.8) is 0 Å². The second-order valence-electron chi connectivity index (χ2n) is 6.83. The lowest BCUT2D eigenvalue weighted by atomic mass is 9.97. The van der Waals surface area contributed by atoms with Crippen LogP contribution in [0, 0.1) is 23.1 Å². The number of nitriles is 1. The summed E-state index contributed by atoms with van der Waals surface area (Å²) in [7, 11) is 0. The molecule has 1 heterocycles. The molecule has 0 saturated carbocycles. The Morgan fingerprint density at radius 2 is 2.13 bits per heavy atom. The highest BCUT2D eigenvalue weighted by atomic mass is 19.1. The van der Waals surface area contributed by atoms with E-state index in [1.807, 2.05) is 32.9 Å². The summed E-state index contributed by atoms with van der Waals surface area (Å²) in [6, 6.07) is 6.12. The number of ether oxygens (including phenoxy) is 1. The molecule has 0 aliphatic carbocycles. The fraction of sp³-hybridized carbons (Fsp3) is 0.444. The van der Waals surface area contributed by atoms with Gasteiger partial charge in [0.1, 0.15) is 17.5 Å². The Hall–Kier alpha value is -2.35. The Bertz CT molecular complexity index is 683. The molecule has 0 radical (unpaired) electrons. The van der Waals surface area contributed by atoms with Gasteiger partial charge in [0.2, 0.25) is 0 Å². The molecule has 0 bridgehead atoms. The van der Waals surface area contributed by atoms with E-state index in [4.69, 9.17) is 10.00 Å². The molecule has 1 unspecified atom stereocenters. The average molecular weight is 316 g/mol. The van der Waals surface area contributed by atoms with E-state index in [1.54, 1.807) is 11.0 Å². The molecule has 122 valence electrons. The summed E-state index contributed by atoms with van der Waals surface area (Å²) < 4.78 is 19.0. The van der Waals surface area contributed by atoms with Crippen LogP contribution in [-0.4, -0.2) is 23.1 Å². The van der Waals surface area contributed by atoms with Crippen molar-refractivity contribution >= 4 is 11.8 Å². The van der Waals surface area contributed by atoms with E-state index in [1.165, 1.54) is 12.1 Å². The summed E-state index contributed by atoms with van der Waals surface area (Å²) in [4.78, 5) is 14.1. The molecule has 5 heteroatoms. The van der Waals surface area contributed by atoms with Gasteiger partial charge in [-0.3, -0.25) is 4.90 Å². The van der Waals surface area contributed by atoms with Crippen molar-refractivity contribution in [1.82, 2.24) is 4.90 Å². The maximum atomic E-state index is 13.5. The molecule has 1 amide bonds. The van der Waals surface area contributed by atoms with Crippen LogP contribution in [0.4, 0.5) is 9.18 Å². The largest absolute Gasteiger partial charge is 0.443 e. The van der Waals surface area contributed by atoms with Crippen LogP contribution in [-0.2, 0) is 4.74 Å². The normalized spacial score (nSPS) is 18.2. The van der Waals surface area contributed by atoms with Gasteiger partial charge in [-0.05, 0) is 56.9 Å². The van der Waals surface area contributed by atoms with Crippen LogP contribution in [0.25, 0.3) is 5.70 Å². The number of halogens is 1. The van der Waals surface area contributed by atoms with E-state index >= 15 is 0 Å². The predicted molar refractivity (Wildman–Crippen MR) is 85.8 cm³/mol. The van der Waals surface area contributed by atoms with Gasteiger partial charge in [0.05, 0.1) is 11.3 Å². The first kappa shape index (κ1) is 17.0. The van der Waals surface area contributed by atoms with Gasteiger partial charge in [-0.15, -0.1) is 0 Å². The van der Waals surface area contributed by atoms with Gasteiger partial charge in [0.15, 0.2) is 0 Å². The maximum Gasteiger partial charge on any atom is 0.414 e. The second-order valence-corrected chi connectivity index (χ2v) is 6.83. The summed E-state index contributed by atoms with van der Waals surface area (Å²) in [5.74, 6) is -0.257. The zero-order chi connectivity index (χ0) is 17.2. The molecule has 0 saturated heterocycles. The summed E-state index contributed by atoms with van der Waals surface area (Å²) in [6.45, 7) is 8.02. The number of carbonyl (C=O) groups is 1. The van der Waals surface area contributed by atoms with Crippen molar-refractivity contribution in [2.75, 3.05) is 6.54 Å². The van der Waals surface area contributed by atoms with Gasteiger partial charge in [-0.25, -0.2) is 9.18 Å². The Balaban J connectivity index is 2.38. The van der Waals surface area contributed by atoms with Crippen LogP contribution < -0.4 is 0 Å². The predicted octanol–water partition coefficient (Wildman–Crippen LogP) is 4.32. The number of hydrogen-bond acceptors (Lipinski definition) is 3. The number of nitrogens with zero attached hydrogens (tertiary/aromatic N) is 2. The summed E-state index contributed by atoms with van der Waals surface area (Å²) in [6.07, 6.45) is 2.32. The Morgan fingerprint density at radius 3 is 2.74 bits per heavy atom. The lowest BCUT2D eigenvalue weighted by molar-refractivity contribution is 0.0327. The lowest BCUT2D eigenvalue weighted by Crippen LogP contribution is -2.39. The molecule has 0 fully saturated rings. The monoisotopic (exact) mass is 316 g/mol. The topological polar surface area (TPSA) is 53.3 Å². The molecule has 1 aromatic carbocycles. The molecule has 1 aromatic rings. The Morgan fingerprint density at radius 1 is 1.43 bits per heavy atom. The lowest BCUT2D eigenvalue weighted by Gasteiger charge is -2.34. The summed E-state index contributed by atoms with van der Waals surface area (Å²) in [5, 5.41) is 9.00. The van der Waals surface area contributed by atoms with Crippen LogP contribution in [0.15, 0.2) is 24.3 Å². The van der Waals surface area contributed by atoms with Gasteiger partial charge >= 0.3 is 6.09 Å². The average Bonchev–Trinajstić information content (AvgIpc) is 2.46. The molecule has 0 spiro atoms. The molecule has 1 atom stereocenters. The van der Waals surface area contributed by atoms with Crippen LogP contribution in [0.3, 0.4) is 0 Å². The minimum atomic E-state index is -0.594. The minimum Gasteiger partial charge on any atom is -0.443 e. The first-order chi connectivity index (χ1) is 10.7. The molecule has 4 nitrogen and oxygen atoms in total. The Kier molecular flexibility index (Phi) is 4.74. The highest BCUT2D eigenvalue weighted by Crippen LogP contribution is 2.30. The van der Waals surface area contributed by atoms with Crippen LogP contribution >= 0.6 is 0 Å². The molecule has 1 aliphatic rings. The Labute approximate surface area is 136 Å². The zero-order valence-electron chi connectivity index (χ0n) is 13.9. The van der Waals surface area contributed by atoms with Crippen LogP contribution in [0.5, 0.6) is 0 Å². The molecule has 2 rings (SSSR count). The van der Waals surface area contributed by atoms with Crippen LogP contribution in [0.1, 0.15) is 45.2 Å². The van der Waals surface area contributed by atoms with Gasteiger partial charge in [0.25, 0.3) is 0 Å². The first-order valence-corrected chi connectivity index (χ1v) is 7.62. The zero-order valence-corrected chi connectivity index (χ0v) is 13.9. The number of benzene rings is 1. The van der Waals surface area contributed by atoms with Gasteiger partial charge in [-0.2, -0.15) is 5.26 Å². The standard InChI is InChI=1S/C18H21FN2O2/c1-12-5-8-16(13-6-7-15(19)14(9-13)10-20)21(11-12)17(22)23-18(2,3)4/h6-9,12H,5,11H2,1-4H3. The van der Waals surface area contributed by atoms with E-state index in [0.29, 0.717) is 23.7 Å². The van der Waals surface area contributed by atoms with E-state index in [9.17, 15) is 9.18 Å². The third-order valence-corrected chi connectivity index (χ3v) is 3.50. The van der Waals surface area contributed by atoms with Crippen molar-refractivity contribution in [2.24, 2.45) is 5.92 Å². The molecule has 0 N–H and O–H groups in total. The second kappa shape index (κ2) is 6.41. The van der Waals surface area contributed by atoms with Gasteiger partial charge in [0, 0.05) is 6.54 Å². The van der Waals surface area contributed by atoms with Crippen molar-refractivity contribution in [3.05, 3.63) is 41.2 Å². The summed E-state index contributed by atoms with van der Waals surface area (Å²) >= 11 is 0. The van der Waals surface area contributed by atoms with E-state index in [-0.39, 0.29) is 5.56 Å². The number of rotatable bonds is 1. The molecular weight excluding hydrogens is 295 g/mol. The van der Waals surface area contributed by atoms with Crippen molar-refractivity contribution < 1.29 is 13.9 Å². The maximum absolute atomic E-state index is 13.5. The molecule has 0 aromatic heterocycles. The van der Waals surface area contributed by atoms with E-state index < -0.39 is 17.5 Å². The first-order valence-electron chi connectivity index (χ1n) is 7.62. The quantitative estimate of drug-likeness (QED) is 0.775.